The van der Waals surface area contributed by atoms with Crippen molar-refractivity contribution in [2.45, 2.75) is 0 Å². The second kappa shape index (κ2) is 4.74. The molecule has 1 heterocycles. The highest BCUT2D eigenvalue weighted by Crippen LogP contribution is 2.35. The summed E-state index contributed by atoms with van der Waals surface area (Å²) in [6, 6.07) is 4.65. The number of sulfone groups is 1. The van der Waals surface area contributed by atoms with E-state index < -0.39 is 14.8 Å². The van der Waals surface area contributed by atoms with Crippen molar-refractivity contribution in [3.05, 3.63) is 33.3 Å². The smallest absolute Gasteiger partial charge is 0.310 e. The molecule has 1 aliphatic heterocycles. The Morgan fingerprint density at radius 3 is 2.44 bits per heavy atom. The Kier molecular flexibility index (Phi) is 3.45. The molecule has 0 saturated carbocycles. The Morgan fingerprint density at radius 2 is 1.89 bits per heavy atom. The van der Waals surface area contributed by atoms with E-state index in [4.69, 9.17) is 11.6 Å². The highest BCUT2D eigenvalue weighted by atomic mass is 35.5. The van der Waals surface area contributed by atoms with E-state index in [2.05, 4.69) is 0 Å². The van der Waals surface area contributed by atoms with Crippen molar-refractivity contribution >= 4 is 32.8 Å². The lowest BCUT2D eigenvalue weighted by Crippen LogP contribution is -2.40. The normalized spacial score (nSPS) is 18.6. The summed E-state index contributed by atoms with van der Waals surface area (Å²) in [7, 11) is -3.01. The topological polar surface area (TPSA) is 80.5 Å². The second-order valence-corrected chi connectivity index (χ2v) is 6.71. The number of rotatable bonds is 2. The second-order valence-electron chi connectivity index (χ2n) is 4.00. The maximum atomic E-state index is 11.3. The summed E-state index contributed by atoms with van der Waals surface area (Å²) in [5.74, 6) is 0.0212. The molecule has 0 atom stereocenters. The van der Waals surface area contributed by atoms with Crippen LogP contribution in [0.5, 0.6) is 0 Å². The first kappa shape index (κ1) is 13.1. The Balaban J connectivity index is 2.35. The zero-order chi connectivity index (χ0) is 13.3. The van der Waals surface area contributed by atoms with Crippen LogP contribution >= 0.6 is 11.6 Å². The summed E-state index contributed by atoms with van der Waals surface area (Å²) in [5, 5.41) is 11.0. The van der Waals surface area contributed by atoms with Crippen molar-refractivity contribution in [2.24, 2.45) is 0 Å². The zero-order valence-corrected chi connectivity index (χ0v) is 10.9. The fourth-order valence-electron chi connectivity index (χ4n) is 1.89. The largest absolute Gasteiger partial charge is 0.364 e. The van der Waals surface area contributed by atoms with Crippen LogP contribution in [0.25, 0.3) is 0 Å². The highest BCUT2D eigenvalue weighted by molar-refractivity contribution is 7.91. The third-order valence-electron chi connectivity index (χ3n) is 2.83. The molecule has 0 amide bonds. The molecule has 0 aliphatic carbocycles. The Hall–Kier alpha value is -1.34. The van der Waals surface area contributed by atoms with Crippen LogP contribution < -0.4 is 4.90 Å². The average molecular weight is 291 g/mol. The fourth-order valence-corrected chi connectivity index (χ4v) is 3.33. The van der Waals surface area contributed by atoms with Crippen LogP contribution in [-0.4, -0.2) is 37.9 Å². The number of nitrogens with zero attached hydrogens (tertiary/aromatic N) is 2. The minimum Gasteiger partial charge on any atom is -0.364 e. The van der Waals surface area contributed by atoms with Gasteiger partial charge in [0, 0.05) is 13.1 Å². The van der Waals surface area contributed by atoms with Gasteiger partial charge in [-0.3, -0.25) is 10.1 Å². The molecule has 1 aromatic carbocycles. The number of para-hydroxylation sites is 1. The lowest BCUT2D eigenvalue weighted by atomic mass is 10.2. The van der Waals surface area contributed by atoms with Gasteiger partial charge < -0.3 is 4.90 Å². The zero-order valence-electron chi connectivity index (χ0n) is 9.37. The molecule has 1 saturated heterocycles. The van der Waals surface area contributed by atoms with E-state index in [0.29, 0.717) is 5.69 Å². The third-order valence-corrected chi connectivity index (χ3v) is 4.75. The van der Waals surface area contributed by atoms with Crippen molar-refractivity contribution in [3.8, 4) is 0 Å². The molecule has 0 bridgehead atoms. The molecule has 6 nitrogen and oxygen atoms in total. The molecule has 1 aromatic rings. The van der Waals surface area contributed by atoms with Gasteiger partial charge >= 0.3 is 5.69 Å². The molecule has 2 rings (SSSR count). The van der Waals surface area contributed by atoms with Gasteiger partial charge in [-0.2, -0.15) is 0 Å². The monoisotopic (exact) mass is 290 g/mol. The van der Waals surface area contributed by atoms with Crippen LogP contribution in [0.2, 0.25) is 5.02 Å². The van der Waals surface area contributed by atoms with E-state index in [1.165, 1.54) is 6.07 Å². The predicted molar refractivity (Wildman–Crippen MR) is 69.0 cm³/mol. The van der Waals surface area contributed by atoms with Gasteiger partial charge in [0.2, 0.25) is 0 Å². The Morgan fingerprint density at radius 1 is 1.28 bits per heavy atom. The molecular formula is C10H11ClN2O4S. The van der Waals surface area contributed by atoms with Gasteiger partial charge in [-0.1, -0.05) is 17.7 Å². The summed E-state index contributed by atoms with van der Waals surface area (Å²) in [6.07, 6.45) is 0. The van der Waals surface area contributed by atoms with Crippen molar-refractivity contribution in [2.75, 3.05) is 29.5 Å². The van der Waals surface area contributed by atoms with E-state index in [0.717, 1.165) is 0 Å². The van der Waals surface area contributed by atoms with Gasteiger partial charge in [-0.25, -0.2) is 8.42 Å². The van der Waals surface area contributed by atoms with Crippen LogP contribution in [0.1, 0.15) is 0 Å². The number of hydrogen-bond donors (Lipinski definition) is 0. The Bertz CT molecular complexity index is 574. The summed E-state index contributed by atoms with van der Waals surface area (Å²) in [5.41, 5.74) is 0.209. The molecule has 0 spiro atoms. The van der Waals surface area contributed by atoms with E-state index >= 15 is 0 Å². The number of anilines is 1. The lowest BCUT2D eigenvalue weighted by molar-refractivity contribution is -0.384. The maximum absolute atomic E-state index is 11.3. The standard InChI is InChI=1S/C10H11ClN2O4S/c11-8-2-1-3-9(10(8)13(14)15)12-4-6-18(16,17)7-5-12/h1-3H,4-7H2. The average Bonchev–Trinajstić information content (AvgIpc) is 2.28. The summed E-state index contributed by atoms with van der Waals surface area (Å²) in [4.78, 5) is 12.1. The number of benzene rings is 1. The molecule has 0 radical (unpaired) electrons. The molecule has 0 unspecified atom stereocenters. The van der Waals surface area contributed by atoms with Crippen LogP contribution in [-0.2, 0) is 9.84 Å². The third kappa shape index (κ3) is 2.56. The van der Waals surface area contributed by atoms with Gasteiger partial charge in [-0.15, -0.1) is 0 Å². The van der Waals surface area contributed by atoms with Gasteiger partial charge in [0.05, 0.1) is 16.4 Å². The Labute approximate surface area is 109 Å². The van der Waals surface area contributed by atoms with Crippen LogP contribution in [0.3, 0.4) is 0 Å². The van der Waals surface area contributed by atoms with E-state index in [-0.39, 0.29) is 35.3 Å². The number of nitro groups is 1. The number of nitro benzene ring substituents is 1. The summed E-state index contributed by atoms with van der Waals surface area (Å²) >= 11 is 5.81. The first-order valence-corrected chi connectivity index (χ1v) is 7.49. The molecule has 8 heteroatoms. The molecule has 98 valence electrons. The molecule has 18 heavy (non-hydrogen) atoms. The van der Waals surface area contributed by atoms with E-state index in [1.807, 2.05) is 0 Å². The van der Waals surface area contributed by atoms with Gasteiger partial charge in [0.15, 0.2) is 9.84 Å². The summed E-state index contributed by atoms with van der Waals surface area (Å²) in [6.45, 7) is 0.507. The van der Waals surface area contributed by atoms with Crippen molar-refractivity contribution in [3.63, 3.8) is 0 Å². The molecule has 1 aliphatic rings. The van der Waals surface area contributed by atoms with Crippen LogP contribution in [0, 0.1) is 10.1 Å². The van der Waals surface area contributed by atoms with Gasteiger partial charge in [0.1, 0.15) is 10.7 Å². The predicted octanol–water partition coefficient (Wildman–Crippen LogP) is 1.48. The van der Waals surface area contributed by atoms with Gasteiger partial charge in [0.25, 0.3) is 0 Å². The molecule has 0 aromatic heterocycles. The minimum atomic E-state index is -3.01. The highest BCUT2D eigenvalue weighted by Gasteiger charge is 2.28. The fraction of sp³-hybridized carbons (Fsp3) is 0.400. The lowest BCUT2D eigenvalue weighted by Gasteiger charge is -2.28. The maximum Gasteiger partial charge on any atom is 0.310 e. The van der Waals surface area contributed by atoms with Gasteiger partial charge in [-0.05, 0) is 12.1 Å². The van der Waals surface area contributed by atoms with Crippen LogP contribution in [0.4, 0.5) is 11.4 Å². The SMILES string of the molecule is O=[N+]([O-])c1c(Cl)cccc1N1CCS(=O)(=O)CC1. The minimum absolute atomic E-state index is 0.0106. The molecule has 0 N–H and O–H groups in total. The first-order valence-electron chi connectivity index (χ1n) is 5.29. The quantitative estimate of drug-likeness (QED) is 0.609. The van der Waals surface area contributed by atoms with Crippen molar-refractivity contribution in [1.82, 2.24) is 0 Å². The van der Waals surface area contributed by atoms with E-state index in [1.54, 1.807) is 17.0 Å². The van der Waals surface area contributed by atoms with Crippen molar-refractivity contribution in [1.29, 1.82) is 0 Å². The summed E-state index contributed by atoms with van der Waals surface area (Å²) < 4.78 is 22.7. The van der Waals surface area contributed by atoms with Crippen molar-refractivity contribution < 1.29 is 13.3 Å². The molecular weight excluding hydrogens is 280 g/mol. The van der Waals surface area contributed by atoms with E-state index in [9.17, 15) is 18.5 Å². The number of hydrogen-bond acceptors (Lipinski definition) is 5. The van der Waals surface area contributed by atoms with Crippen LogP contribution in [0.15, 0.2) is 18.2 Å². The first-order chi connectivity index (χ1) is 8.41. The molecule has 1 fully saturated rings. The number of halogens is 1.